The average Bonchev–Trinajstić information content (AvgIpc) is 3.14. The highest BCUT2D eigenvalue weighted by Gasteiger charge is 2.25. The number of anilines is 1. The van der Waals surface area contributed by atoms with Crippen LogP contribution >= 0.6 is 0 Å². The first kappa shape index (κ1) is 20.7. The summed E-state index contributed by atoms with van der Waals surface area (Å²) in [6, 6.07) is 5.06. The number of carbonyl (C=O) groups excluding carboxylic acids is 1. The van der Waals surface area contributed by atoms with E-state index in [4.69, 9.17) is 0 Å². The van der Waals surface area contributed by atoms with Crippen molar-refractivity contribution in [1.82, 2.24) is 10.0 Å². The minimum atomic E-state index is -3.66. The van der Waals surface area contributed by atoms with Crippen LogP contribution in [0, 0.1) is 0 Å². The molecule has 26 heavy (non-hydrogen) atoms. The van der Waals surface area contributed by atoms with E-state index in [0.717, 1.165) is 38.8 Å². The second-order valence-electron chi connectivity index (χ2n) is 6.94. The maximum absolute atomic E-state index is 12.8. The first-order valence-electron chi connectivity index (χ1n) is 9.58. The molecule has 0 aliphatic carbocycles. The van der Waals surface area contributed by atoms with E-state index in [0.29, 0.717) is 24.2 Å². The van der Waals surface area contributed by atoms with Crippen LogP contribution in [0.4, 0.5) is 5.69 Å². The van der Waals surface area contributed by atoms with Crippen LogP contribution < -0.4 is 14.9 Å². The van der Waals surface area contributed by atoms with Gasteiger partial charge >= 0.3 is 0 Å². The molecule has 2 rings (SSSR count). The molecule has 1 atom stereocenters. The van der Waals surface area contributed by atoms with Crippen LogP contribution in [0.1, 0.15) is 63.2 Å². The molecule has 1 aromatic carbocycles. The zero-order valence-electron chi connectivity index (χ0n) is 16.0. The summed E-state index contributed by atoms with van der Waals surface area (Å²) in [6.45, 7) is 8.01. The number of hydrogen-bond donors (Lipinski definition) is 2. The summed E-state index contributed by atoms with van der Waals surface area (Å²) < 4.78 is 28.2. The molecule has 146 valence electrons. The first-order valence-corrected chi connectivity index (χ1v) is 11.1. The van der Waals surface area contributed by atoms with E-state index >= 15 is 0 Å². The number of amides is 1. The average molecular weight is 382 g/mol. The fourth-order valence-electron chi connectivity index (χ4n) is 3.22. The van der Waals surface area contributed by atoms with Crippen LogP contribution in [0.3, 0.4) is 0 Å². The van der Waals surface area contributed by atoms with Gasteiger partial charge in [-0.05, 0) is 50.8 Å². The largest absolute Gasteiger partial charge is 0.370 e. The van der Waals surface area contributed by atoms with Crippen molar-refractivity contribution in [3.05, 3.63) is 23.8 Å². The topological polar surface area (TPSA) is 78.5 Å². The maximum Gasteiger partial charge on any atom is 0.251 e. The summed E-state index contributed by atoms with van der Waals surface area (Å²) in [5.74, 6) is -0.231. The lowest BCUT2D eigenvalue weighted by Crippen LogP contribution is -2.33. The molecule has 0 bridgehead atoms. The maximum atomic E-state index is 12.8. The zero-order valence-corrected chi connectivity index (χ0v) is 16.9. The van der Waals surface area contributed by atoms with E-state index in [1.807, 2.05) is 13.8 Å². The van der Waals surface area contributed by atoms with Crippen molar-refractivity contribution in [2.45, 2.75) is 63.8 Å². The van der Waals surface area contributed by atoms with E-state index in [1.54, 1.807) is 12.1 Å². The Balaban J connectivity index is 2.35. The summed E-state index contributed by atoms with van der Waals surface area (Å²) in [7, 11) is -3.66. The van der Waals surface area contributed by atoms with E-state index < -0.39 is 10.0 Å². The summed E-state index contributed by atoms with van der Waals surface area (Å²) in [5.41, 5.74) is 1.07. The number of benzene rings is 1. The zero-order chi connectivity index (χ0) is 19.2. The highest BCUT2D eigenvalue weighted by Crippen LogP contribution is 2.29. The highest BCUT2D eigenvalue weighted by atomic mass is 32.2. The molecule has 0 spiro atoms. The minimum absolute atomic E-state index is 0.0593. The molecule has 0 radical (unpaired) electrons. The number of rotatable bonds is 9. The Morgan fingerprint density at radius 2 is 1.88 bits per heavy atom. The van der Waals surface area contributed by atoms with Crippen molar-refractivity contribution in [3.8, 4) is 0 Å². The Kier molecular flexibility index (Phi) is 7.46. The lowest BCUT2D eigenvalue weighted by molar-refractivity contribution is 0.0938. The fraction of sp³-hybridized carbons (Fsp3) is 0.632. The van der Waals surface area contributed by atoms with Crippen molar-refractivity contribution in [1.29, 1.82) is 0 Å². The van der Waals surface area contributed by atoms with Gasteiger partial charge in [0.15, 0.2) is 0 Å². The third kappa shape index (κ3) is 5.20. The predicted octanol–water partition coefficient (Wildman–Crippen LogP) is 2.89. The Morgan fingerprint density at radius 3 is 2.50 bits per heavy atom. The van der Waals surface area contributed by atoms with Gasteiger partial charge in [-0.1, -0.05) is 20.3 Å². The SMILES string of the molecule is CCCNS(=O)(=O)c1cc(C(=O)N[C@@H](C)CCC)ccc1N1CCCC1. The third-order valence-corrected chi connectivity index (χ3v) is 6.09. The summed E-state index contributed by atoms with van der Waals surface area (Å²) in [5, 5.41) is 2.94. The van der Waals surface area contributed by atoms with Crippen molar-refractivity contribution >= 4 is 21.6 Å². The van der Waals surface area contributed by atoms with Crippen LogP contribution in [0.25, 0.3) is 0 Å². The van der Waals surface area contributed by atoms with Crippen LogP contribution in [-0.2, 0) is 10.0 Å². The van der Waals surface area contributed by atoms with Crippen molar-refractivity contribution in [3.63, 3.8) is 0 Å². The molecule has 1 heterocycles. The first-order chi connectivity index (χ1) is 12.4. The van der Waals surface area contributed by atoms with Crippen molar-refractivity contribution in [2.75, 3.05) is 24.5 Å². The lowest BCUT2D eigenvalue weighted by Gasteiger charge is -2.22. The molecule has 0 unspecified atom stereocenters. The van der Waals surface area contributed by atoms with Gasteiger partial charge in [-0.2, -0.15) is 0 Å². The predicted molar refractivity (Wildman–Crippen MR) is 105 cm³/mol. The van der Waals surface area contributed by atoms with Gasteiger partial charge < -0.3 is 10.2 Å². The molecule has 0 aromatic heterocycles. The van der Waals surface area contributed by atoms with Gasteiger partial charge in [-0.3, -0.25) is 4.79 Å². The molecule has 1 saturated heterocycles. The molecule has 1 fully saturated rings. The van der Waals surface area contributed by atoms with Crippen LogP contribution in [0.5, 0.6) is 0 Å². The van der Waals surface area contributed by atoms with E-state index in [-0.39, 0.29) is 16.8 Å². The Morgan fingerprint density at radius 1 is 1.19 bits per heavy atom. The van der Waals surface area contributed by atoms with Gasteiger partial charge in [0, 0.05) is 31.2 Å². The van der Waals surface area contributed by atoms with Crippen molar-refractivity contribution in [2.24, 2.45) is 0 Å². The van der Waals surface area contributed by atoms with Crippen LogP contribution in [0.2, 0.25) is 0 Å². The molecule has 1 aliphatic rings. The second-order valence-corrected chi connectivity index (χ2v) is 8.67. The number of sulfonamides is 1. The molecule has 6 nitrogen and oxygen atoms in total. The molecule has 2 N–H and O–H groups in total. The summed E-state index contributed by atoms with van der Waals surface area (Å²) in [6.07, 6.45) is 4.70. The van der Waals surface area contributed by atoms with Crippen LogP contribution in [0.15, 0.2) is 23.1 Å². The third-order valence-electron chi connectivity index (χ3n) is 4.60. The molecular formula is C19H31N3O3S. The van der Waals surface area contributed by atoms with Gasteiger partial charge in [-0.25, -0.2) is 13.1 Å². The summed E-state index contributed by atoms with van der Waals surface area (Å²) in [4.78, 5) is 14.8. The molecule has 7 heteroatoms. The number of carbonyl (C=O) groups is 1. The van der Waals surface area contributed by atoms with Gasteiger partial charge in [0.25, 0.3) is 5.91 Å². The van der Waals surface area contributed by atoms with E-state index in [1.165, 1.54) is 6.07 Å². The monoisotopic (exact) mass is 381 g/mol. The van der Waals surface area contributed by atoms with Gasteiger partial charge in [0.2, 0.25) is 10.0 Å². The number of nitrogens with one attached hydrogen (secondary N) is 2. The molecule has 1 amide bonds. The number of hydrogen-bond acceptors (Lipinski definition) is 4. The smallest absolute Gasteiger partial charge is 0.251 e. The Hall–Kier alpha value is -1.60. The second kappa shape index (κ2) is 9.37. The standard InChI is InChI=1S/C19H31N3O3S/c1-4-8-15(3)21-19(23)16-9-10-17(22-12-6-7-13-22)18(14-16)26(24,25)20-11-5-2/h9-10,14-15,20H,4-8,11-13H2,1-3H3,(H,21,23)/t15-/m0/s1. The molecule has 1 aliphatic heterocycles. The van der Waals surface area contributed by atoms with Crippen LogP contribution in [-0.4, -0.2) is 40.0 Å². The van der Waals surface area contributed by atoms with E-state index in [9.17, 15) is 13.2 Å². The lowest BCUT2D eigenvalue weighted by atomic mass is 10.1. The Bertz CT molecular complexity index is 713. The minimum Gasteiger partial charge on any atom is -0.370 e. The van der Waals surface area contributed by atoms with Gasteiger partial charge in [0.05, 0.1) is 5.69 Å². The normalized spacial score (nSPS) is 15.9. The fourth-order valence-corrected chi connectivity index (χ4v) is 4.60. The molecule has 0 saturated carbocycles. The number of nitrogens with zero attached hydrogens (tertiary/aromatic N) is 1. The van der Waals surface area contributed by atoms with Gasteiger partial charge in [0.1, 0.15) is 4.90 Å². The molecule has 1 aromatic rings. The van der Waals surface area contributed by atoms with Gasteiger partial charge in [-0.15, -0.1) is 0 Å². The molecular weight excluding hydrogens is 350 g/mol. The Labute approximate surface area is 157 Å². The van der Waals surface area contributed by atoms with E-state index in [2.05, 4.69) is 21.9 Å². The summed E-state index contributed by atoms with van der Waals surface area (Å²) >= 11 is 0. The quantitative estimate of drug-likeness (QED) is 0.689. The van der Waals surface area contributed by atoms with Crippen molar-refractivity contribution < 1.29 is 13.2 Å². The highest BCUT2D eigenvalue weighted by molar-refractivity contribution is 7.89.